The molecule has 22 heavy (non-hydrogen) atoms. The van der Waals surface area contributed by atoms with Crippen LogP contribution in [0.1, 0.15) is 39.2 Å². The zero-order valence-electron chi connectivity index (χ0n) is 13.6. The Balaban J connectivity index is 1.84. The Bertz CT molecular complexity index is 592. The van der Waals surface area contributed by atoms with Gasteiger partial charge < -0.3 is 4.74 Å². The van der Waals surface area contributed by atoms with Crippen molar-refractivity contribution in [2.24, 2.45) is 0 Å². The van der Waals surface area contributed by atoms with Gasteiger partial charge in [-0.05, 0) is 50.3 Å². The first-order chi connectivity index (χ1) is 10.4. The third-order valence-electron chi connectivity index (χ3n) is 3.33. The van der Waals surface area contributed by atoms with Gasteiger partial charge in [0.25, 0.3) is 0 Å². The maximum absolute atomic E-state index is 11.7. The Morgan fingerprint density at radius 1 is 0.909 bits per heavy atom. The maximum atomic E-state index is 11.7. The molecule has 0 aliphatic heterocycles. The molecule has 0 bridgehead atoms. The van der Waals surface area contributed by atoms with Crippen molar-refractivity contribution in [3.8, 4) is 11.1 Å². The summed E-state index contributed by atoms with van der Waals surface area (Å²) in [5, 5.41) is 0. The lowest BCUT2D eigenvalue weighted by atomic mass is 10.0. The van der Waals surface area contributed by atoms with Crippen molar-refractivity contribution in [3.05, 3.63) is 60.2 Å². The zero-order chi connectivity index (χ0) is 16.0. The second-order valence-corrected chi connectivity index (χ2v) is 6.50. The van der Waals surface area contributed by atoms with E-state index in [9.17, 15) is 4.79 Å². The molecule has 0 aliphatic rings. The van der Waals surface area contributed by atoms with E-state index in [0.29, 0.717) is 6.42 Å². The summed E-state index contributed by atoms with van der Waals surface area (Å²) in [6.07, 6.45) is 2.19. The van der Waals surface area contributed by atoms with Gasteiger partial charge >= 0.3 is 5.97 Å². The quantitative estimate of drug-likeness (QED) is 0.724. The van der Waals surface area contributed by atoms with Crippen LogP contribution >= 0.6 is 0 Å². The van der Waals surface area contributed by atoms with Crippen molar-refractivity contribution >= 4 is 5.97 Å². The van der Waals surface area contributed by atoms with Crippen molar-refractivity contribution in [2.75, 3.05) is 0 Å². The molecule has 0 saturated carbocycles. The Hall–Kier alpha value is -2.09. The van der Waals surface area contributed by atoms with Crippen LogP contribution in [0.5, 0.6) is 0 Å². The number of ether oxygens (including phenoxy) is 1. The number of carbonyl (C=O) groups excluding carboxylic acids is 1. The number of aryl methyl sites for hydroxylation is 1. The number of hydrogen-bond donors (Lipinski definition) is 0. The second-order valence-electron chi connectivity index (χ2n) is 6.50. The van der Waals surface area contributed by atoms with Crippen LogP contribution in [0.3, 0.4) is 0 Å². The molecule has 2 nitrogen and oxygen atoms in total. The van der Waals surface area contributed by atoms with Crippen molar-refractivity contribution in [3.63, 3.8) is 0 Å². The molecule has 116 valence electrons. The maximum Gasteiger partial charge on any atom is 0.306 e. The van der Waals surface area contributed by atoms with Gasteiger partial charge in [0.15, 0.2) is 0 Å². The molecule has 0 unspecified atom stereocenters. The minimum absolute atomic E-state index is 0.117. The highest BCUT2D eigenvalue weighted by Gasteiger charge is 2.15. The van der Waals surface area contributed by atoms with E-state index in [2.05, 4.69) is 36.4 Å². The van der Waals surface area contributed by atoms with Crippen LogP contribution < -0.4 is 0 Å². The number of benzene rings is 2. The zero-order valence-corrected chi connectivity index (χ0v) is 13.6. The molecule has 0 saturated heterocycles. The molecule has 0 fully saturated rings. The monoisotopic (exact) mass is 296 g/mol. The third kappa shape index (κ3) is 5.36. The van der Waals surface area contributed by atoms with Crippen LogP contribution in [-0.4, -0.2) is 11.6 Å². The van der Waals surface area contributed by atoms with Crippen LogP contribution in [0.15, 0.2) is 54.6 Å². The van der Waals surface area contributed by atoms with Gasteiger partial charge in [0.05, 0.1) is 0 Å². The van der Waals surface area contributed by atoms with Crippen molar-refractivity contribution in [2.45, 2.75) is 45.6 Å². The van der Waals surface area contributed by atoms with Crippen LogP contribution in [0.4, 0.5) is 0 Å². The highest BCUT2D eigenvalue weighted by molar-refractivity contribution is 5.69. The number of rotatable bonds is 5. The molecule has 0 atom stereocenters. The first kappa shape index (κ1) is 16.3. The molecule has 0 aliphatic carbocycles. The highest BCUT2D eigenvalue weighted by atomic mass is 16.6. The van der Waals surface area contributed by atoms with Crippen LogP contribution in [-0.2, 0) is 16.0 Å². The molecule has 0 spiro atoms. The predicted octanol–water partition coefficient (Wildman–Crippen LogP) is 5.02. The Kier molecular flexibility index (Phi) is 5.37. The molecule has 0 amide bonds. The lowest BCUT2D eigenvalue weighted by Crippen LogP contribution is -2.23. The van der Waals surface area contributed by atoms with E-state index in [1.54, 1.807) is 0 Å². The molecule has 2 rings (SSSR count). The SMILES string of the molecule is CC(C)(C)OC(=O)CCCc1ccc(-c2ccccc2)cc1. The van der Waals surface area contributed by atoms with E-state index < -0.39 is 5.60 Å². The van der Waals surface area contributed by atoms with Gasteiger partial charge in [-0.25, -0.2) is 0 Å². The summed E-state index contributed by atoms with van der Waals surface area (Å²) in [4.78, 5) is 11.7. The Morgan fingerprint density at radius 3 is 2.09 bits per heavy atom. The van der Waals surface area contributed by atoms with Crippen LogP contribution in [0, 0.1) is 0 Å². The van der Waals surface area contributed by atoms with E-state index in [0.717, 1.165) is 12.8 Å². The van der Waals surface area contributed by atoms with E-state index in [1.807, 2.05) is 39.0 Å². The van der Waals surface area contributed by atoms with Gasteiger partial charge in [0, 0.05) is 6.42 Å². The standard InChI is InChI=1S/C20H24O2/c1-20(2,3)22-19(21)11-7-8-16-12-14-18(15-13-16)17-9-5-4-6-10-17/h4-6,9-10,12-15H,7-8,11H2,1-3H3. The van der Waals surface area contributed by atoms with Crippen LogP contribution in [0.2, 0.25) is 0 Å². The molecule has 0 heterocycles. The largest absolute Gasteiger partial charge is 0.460 e. The number of carbonyl (C=O) groups is 1. The lowest BCUT2D eigenvalue weighted by Gasteiger charge is -2.19. The first-order valence-corrected chi connectivity index (χ1v) is 7.80. The fourth-order valence-corrected chi connectivity index (χ4v) is 2.32. The molecule has 0 radical (unpaired) electrons. The topological polar surface area (TPSA) is 26.3 Å². The van der Waals surface area contributed by atoms with E-state index >= 15 is 0 Å². The van der Waals surface area contributed by atoms with E-state index in [1.165, 1.54) is 16.7 Å². The summed E-state index contributed by atoms with van der Waals surface area (Å²) >= 11 is 0. The summed E-state index contributed by atoms with van der Waals surface area (Å²) in [6.45, 7) is 5.69. The lowest BCUT2D eigenvalue weighted by molar-refractivity contribution is -0.154. The first-order valence-electron chi connectivity index (χ1n) is 7.80. The molecule has 2 heteroatoms. The van der Waals surface area contributed by atoms with Gasteiger partial charge in [-0.2, -0.15) is 0 Å². The number of hydrogen-bond acceptors (Lipinski definition) is 2. The van der Waals surface area contributed by atoms with Gasteiger partial charge in [0.2, 0.25) is 0 Å². The second kappa shape index (κ2) is 7.26. The molecule has 0 aromatic heterocycles. The summed E-state index contributed by atoms with van der Waals surface area (Å²) < 4.78 is 5.31. The summed E-state index contributed by atoms with van der Waals surface area (Å²) in [6, 6.07) is 18.9. The fraction of sp³-hybridized carbons (Fsp3) is 0.350. The molecular weight excluding hydrogens is 272 g/mol. The summed E-state index contributed by atoms with van der Waals surface area (Å²) in [5.74, 6) is -0.117. The minimum Gasteiger partial charge on any atom is -0.460 e. The average Bonchev–Trinajstić information content (AvgIpc) is 2.47. The van der Waals surface area contributed by atoms with E-state index in [-0.39, 0.29) is 5.97 Å². The van der Waals surface area contributed by atoms with Crippen molar-refractivity contribution in [1.29, 1.82) is 0 Å². The van der Waals surface area contributed by atoms with Gasteiger partial charge in [0.1, 0.15) is 5.60 Å². The highest BCUT2D eigenvalue weighted by Crippen LogP contribution is 2.20. The smallest absolute Gasteiger partial charge is 0.306 e. The van der Waals surface area contributed by atoms with Gasteiger partial charge in [-0.1, -0.05) is 54.6 Å². The normalized spacial score (nSPS) is 11.2. The minimum atomic E-state index is -0.394. The summed E-state index contributed by atoms with van der Waals surface area (Å²) in [7, 11) is 0. The molecule has 0 N–H and O–H groups in total. The molecule has 2 aromatic carbocycles. The van der Waals surface area contributed by atoms with E-state index in [4.69, 9.17) is 4.74 Å². The predicted molar refractivity (Wildman–Crippen MR) is 90.7 cm³/mol. The van der Waals surface area contributed by atoms with Crippen LogP contribution in [0.25, 0.3) is 11.1 Å². The van der Waals surface area contributed by atoms with Gasteiger partial charge in [-0.15, -0.1) is 0 Å². The Labute approximate surface area is 133 Å². The molecular formula is C20H24O2. The third-order valence-corrected chi connectivity index (χ3v) is 3.33. The Morgan fingerprint density at radius 2 is 1.50 bits per heavy atom. The molecule has 2 aromatic rings. The van der Waals surface area contributed by atoms with Gasteiger partial charge in [-0.3, -0.25) is 4.79 Å². The van der Waals surface area contributed by atoms with Crippen molar-refractivity contribution < 1.29 is 9.53 Å². The van der Waals surface area contributed by atoms with Crippen molar-refractivity contribution in [1.82, 2.24) is 0 Å². The average molecular weight is 296 g/mol. The number of esters is 1. The fourth-order valence-electron chi connectivity index (χ4n) is 2.32. The summed E-state index contributed by atoms with van der Waals surface area (Å²) in [5.41, 5.74) is 3.30.